The van der Waals surface area contributed by atoms with Crippen molar-refractivity contribution in [3.63, 3.8) is 0 Å². The average Bonchev–Trinajstić information content (AvgIpc) is 2.81. The van der Waals surface area contributed by atoms with Crippen molar-refractivity contribution in [2.75, 3.05) is 6.61 Å². The molecule has 3 nitrogen and oxygen atoms in total. The van der Waals surface area contributed by atoms with Gasteiger partial charge < -0.3 is 14.6 Å². The number of terminal acetylenes is 1. The Bertz CT molecular complexity index is 461. The number of aliphatic hydroxyl groups excluding tert-OH is 1. The van der Waals surface area contributed by atoms with Gasteiger partial charge in [-0.25, -0.2) is 0 Å². The lowest BCUT2D eigenvalue weighted by atomic mass is 10.1. The molecule has 0 aromatic heterocycles. The Morgan fingerprint density at radius 2 is 2.20 bits per heavy atom. The van der Waals surface area contributed by atoms with Gasteiger partial charge in [0.15, 0.2) is 0 Å². The van der Waals surface area contributed by atoms with Crippen LogP contribution in [-0.2, 0) is 16.1 Å². The second kappa shape index (κ2) is 7.86. The van der Waals surface area contributed by atoms with E-state index in [9.17, 15) is 5.11 Å². The van der Waals surface area contributed by atoms with Crippen LogP contribution in [0.2, 0.25) is 0 Å². The van der Waals surface area contributed by atoms with E-state index in [1.54, 1.807) is 6.08 Å². The number of hydrogen-bond acceptors (Lipinski definition) is 3. The smallest absolute Gasteiger partial charge is 0.0874 e. The third kappa shape index (κ3) is 4.50. The Morgan fingerprint density at radius 1 is 1.40 bits per heavy atom. The lowest BCUT2D eigenvalue weighted by Crippen LogP contribution is -2.20. The summed E-state index contributed by atoms with van der Waals surface area (Å²) in [6.45, 7) is 1.07. The number of ether oxygens (including phenoxy) is 2. The van der Waals surface area contributed by atoms with Gasteiger partial charge >= 0.3 is 0 Å². The number of rotatable bonds is 6. The van der Waals surface area contributed by atoms with Gasteiger partial charge in [0.25, 0.3) is 0 Å². The van der Waals surface area contributed by atoms with Gasteiger partial charge in [0.05, 0.1) is 31.5 Å². The van der Waals surface area contributed by atoms with E-state index in [0.717, 1.165) is 5.56 Å². The van der Waals surface area contributed by atoms with Crippen LogP contribution in [-0.4, -0.2) is 30.0 Å². The largest absolute Gasteiger partial charge is 0.390 e. The molecule has 0 unspecified atom stereocenters. The van der Waals surface area contributed by atoms with Gasteiger partial charge in [-0.2, -0.15) is 0 Å². The molecule has 20 heavy (non-hydrogen) atoms. The van der Waals surface area contributed by atoms with E-state index in [4.69, 9.17) is 15.9 Å². The molecule has 1 aromatic carbocycles. The maximum Gasteiger partial charge on any atom is 0.0874 e. The summed E-state index contributed by atoms with van der Waals surface area (Å²) >= 11 is 0. The number of benzene rings is 1. The molecule has 0 aliphatic carbocycles. The van der Waals surface area contributed by atoms with Gasteiger partial charge in [-0.3, -0.25) is 0 Å². The van der Waals surface area contributed by atoms with E-state index in [2.05, 4.69) is 5.92 Å². The van der Waals surface area contributed by atoms with Crippen LogP contribution in [0, 0.1) is 12.3 Å². The van der Waals surface area contributed by atoms with E-state index in [0.29, 0.717) is 26.1 Å². The summed E-state index contributed by atoms with van der Waals surface area (Å²) in [4.78, 5) is 0. The van der Waals surface area contributed by atoms with Gasteiger partial charge in [-0.05, 0) is 18.1 Å². The highest BCUT2D eigenvalue weighted by atomic mass is 16.6. The molecule has 0 amide bonds. The quantitative estimate of drug-likeness (QED) is 0.808. The molecule has 1 saturated heterocycles. The van der Waals surface area contributed by atoms with Crippen LogP contribution < -0.4 is 0 Å². The molecular formula is C17H20O3. The first-order valence-corrected chi connectivity index (χ1v) is 6.86. The minimum absolute atomic E-state index is 0.0436. The Kier molecular flexibility index (Phi) is 5.82. The van der Waals surface area contributed by atoms with Crippen molar-refractivity contribution in [1.82, 2.24) is 0 Å². The van der Waals surface area contributed by atoms with Crippen LogP contribution in [0.5, 0.6) is 0 Å². The predicted octanol–water partition coefficient (Wildman–Crippen LogP) is 2.30. The predicted molar refractivity (Wildman–Crippen MR) is 78.0 cm³/mol. The fourth-order valence-electron chi connectivity index (χ4n) is 2.29. The van der Waals surface area contributed by atoms with Crippen molar-refractivity contribution in [3.05, 3.63) is 48.0 Å². The van der Waals surface area contributed by atoms with Crippen LogP contribution in [0.4, 0.5) is 0 Å². The highest BCUT2D eigenvalue weighted by Gasteiger charge is 2.32. The molecule has 0 spiro atoms. The number of aliphatic hydroxyl groups is 1. The first-order chi connectivity index (χ1) is 9.79. The van der Waals surface area contributed by atoms with E-state index in [1.807, 2.05) is 36.4 Å². The third-order valence-corrected chi connectivity index (χ3v) is 3.30. The molecule has 0 bridgehead atoms. The molecule has 3 heteroatoms. The fourth-order valence-corrected chi connectivity index (χ4v) is 2.29. The van der Waals surface area contributed by atoms with Gasteiger partial charge in [-0.1, -0.05) is 42.3 Å². The Labute approximate surface area is 120 Å². The Morgan fingerprint density at radius 3 is 2.95 bits per heavy atom. The molecule has 1 aliphatic rings. The topological polar surface area (TPSA) is 38.7 Å². The molecule has 1 fully saturated rings. The maximum absolute atomic E-state index is 9.91. The van der Waals surface area contributed by atoms with Crippen LogP contribution in [0.1, 0.15) is 18.4 Å². The molecule has 106 valence electrons. The summed E-state index contributed by atoms with van der Waals surface area (Å²) in [5.41, 5.74) is 1.14. The van der Waals surface area contributed by atoms with E-state index in [-0.39, 0.29) is 12.2 Å². The first kappa shape index (κ1) is 14.8. The molecule has 1 heterocycles. The lowest BCUT2D eigenvalue weighted by Gasteiger charge is -2.13. The van der Waals surface area contributed by atoms with Crippen molar-refractivity contribution in [2.24, 2.45) is 0 Å². The molecule has 3 atom stereocenters. The second-order valence-electron chi connectivity index (χ2n) is 4.91. The summed E-state index contributed by atoms with van der Waals surface area (Å²) in [7, 11) is 0. The minimum Gasteiger partial charge on any atom is -0.390 e. The summed E-state index contributed by atoms with van der Waals surface area (Å²) in [5.74, 6) is 2.43. The van der Waals surface area contributed by atoms with Crippen LogP contribution in [0.15, 0.2) is 42.5 Å². The van der Waals surface area contributed by atoms with Crippen molar-refractivity contribution >= 4 is 0 Å². The molecule has 0 radical (unpaired) electrons. The Hall–Kier alpha value is -1.60. The SMILES string of the molecule is C#C/C=C/C[C@H]1O[C@@H](COCc2ccccc2)C[C@H]1O. The van der Waals surface area contributed by atoms with Crippen molar-refractivity contribution in [3.8, 4) is 12.3 Å². The maximum atomic E-state index is 9.91. The van der Waals surface area contributed by atoms with Crippen LogP contribution in [0.25, 0.3) is 0 Å². The summed E-state index contributed by atoms with van der Waals surface area (Å²) in [5, 5.41) is 9.91. The van der Waals surface area contributed by atoms with Gasteiger partial charge in [0, 0.05) is 6.42 Å². The molecule has 1 aromatic rings. The van der Waals surface area contributed by atoms with Crippen molar-refractivity contribution in [2.45, 2.75) is 37.8 Å². The molecule has 1 aliphatic heterocycles. The minimum atomic E-state index is -0.442. The highest BCUT2D eigenvalue weighted by Crippen LogP contribution is 2.23. The number of hydrogen-bond donors (Lipinski definition) is 1. The Balaban J connectivity index is 1.70. The van der Waals surface area contributed by atoms with Crippen molar-refractivity contribution < 1.29 is 14.6 Å². The summed E-state index contributed by atoms with van der Waals surface area (Å²) < 4.78 is 11.4. The van der Waals surface area contributed by atoms with Crippen LogP contribution in [0.3, 0.4) is 0 Å². The van der Waals surface area contributed by atoms with E-state index in [1.165, 1.54) is 0 Å². The summed E-state index contributed by atoms with van der Waals surface area (Å²) in [6.07, 6.45) is 9.21. The average molecular weight is 272 g/mol. The van der Waals surface area contributed by atoms with E-state index >= 15 is 0 Å². The molecule has 2 rings (SSSR count). The zero-order chi connectivity index (χ0) is 14.2. The summed E-state index contributed by atoms with van der Waals surface area (Å²) in [6, 6.07) is 10.0. The standard InChI is InChI=1S/C17H20O3/c1-2-3-5-10-17-16(18)11-15(20-17)13-19-12-14-8-6-4-7-9-14/h1,3-9,15-18H,10-13H2/b5-3+/t15-,16-,17-/m1/s1. The van der Waals surface area contributed by atoms with Crippen LogP contribution >= 0.6 is 0 Å². The van der Waals surface area contributed by atoms with Gasteiger partial charge in [0.2, 0.25) is 0 Å². The first-order valence-electron chi connectivity index (χ1n) is 6.86. The van der Waals surface area contributed by atoms with E-state index < -0.39 is 6.10 Å². The normalized spacial score (nSPS) is 25.9. The third-order valence-electron chi connectivity index (χ3n) is 3.30. The highest BCUT2D eigenvalue weighted by molar-refractivity contribution is 5.13. The lowest BCUT2D eigenvalue weighted by molar-refractivity contribution is -0.0296. The van der Waals surface area contributed by atoms with Gasteiger partial charge in [-0.15, -0.1) is 6.42 Å². The zero-order valence-electron chi connectivity index (χ0n) is 11.4. The zero-order valence-corrected chi connectivity index (χ0v) is 11.4. The van der Waals surface area contributed by atoms with Gasteiger partial charge in [0.1, 0.15) is 0 Å². The van der Waals surface area contributed by atoms with Crippen molar-refractivity contribution in [1.29, 1.82) is 0 Å². The fraction of sp³-hybridized carbons (Fsp3) is 0.412. The molecular weight excluding hydrogens is 252 g/mol. The molecule has 1 N–H and O–H groups in total. The monoisotopic (exact) mass is 272 g/mol. The number of allylic oxidation sites excluding steroid dienone is 1. The molecule has 0 saturated carbocycles. The second-order valence-corrected chi connectivity index (χ2v) is 4.91.